The lowest BCUT2D eigenvalue weighted by molar-refractivity contribution is -0.150. The SMILES string of the molecule is C=C(Br)CNC(=O)C(=O)O. The highest BCUT2D eigenvalue weighted by Gasteiger charge is 2.08. The van der Waals surface area contributed by atoms with E-state index in [1.165, 1.54) is 0 Å². The van der Waals surface area contributed by atoms with Crippen LogP contribution in [0.15, 0.2) is 11.1 Å². The highest BCUT2D eigenvalue weighted by molar-refractivity contribution is 9.11. The number of amides is 1. The number of halogens is 1. The predicted octanol–water partition coefficient (Wildman–Crippen LogP) is 0.0958. The van der Waals surface area contributed by atoms with Crippen LogP contribution in [0, 0.1) is 0 Å². The fourth-order valence-electron chi connectivity index (χ4n) is 0.252. The summed E-state index contributed by atoms with van der Waals surface area (Å²) in [5.74, 6) is -2.52. The maximum absolute atomic E-state index is 10.3. The van der Waals surface area contributed by atoms with Crippen LogP contribution in [0.1, 0.15) is 0 Å². The highest BCUT2D eigenvalue weighted by atomic mass is 79.9. The second-order valence-electron chi connectivity index (χ2n) is 1.51. The Morgan fingerprint density at radius 3 is 2.40 bits per heavy atom. The number of carboxylic acids is 1. The van der Waals surface area contributed by atoms with Crippen molar-refractivity contribution < 1.29 is 14.7 Å². The minimum Gasteiger partial charge on any atom is -0.474 e. The van der Waals surface area contributed by atoms with Crippen LogP contribution >= 0.6 is 15.9 Å². The van der Waals surface area contributed by atoms with E-state index in [0.29, 0.717) is 4.48 Å². The number of hydrogen-bond donors (Lipinski definition) is 2. The molecule has 5 heteroatoms. The maximum Gasteiger partial charge on any atom is 0.394 e. The molecule has 0 heterocycles. The first kappa shape index (κ1) is 9.16. The van der Waals surface area contributed by atoms with E-state index in [1.807, 2.05) is 0 Å². The standard InChI is InChI=1S/C5H6BrNO3/c1-3(6)2-7-4(8)5(9)10/h1-2H2,(H,7,8)(H,9,10). The Labute approximate surface area is 66.0 Å². The fourth-order valence-corrected chi connectivity index (χ4v) is 0.392. The summed E-state index contributed by atoms with van der Waals surface area (Å²) in [5, 5.41) is 10.1. The van der Waals surface area contributed by atoms with Gasteiger partial charge in [-0.05, 0) is 0 Å². The van der Waals surface area contributed by atoms with E-state index in [1.54, 1.807) is 0 Å². The van der Waals surface area contributed by atoms with E-state index >= 15 is 0 Å². The molecule has 0 aliphatic carbocycles. The predicted molar refractivity (Wildman–Crippen MR) is 38.7 cm³/mol. The summed E-state index contributed by atoms with van der Waals surface area (Å²) in [7, 11) is 0. The van der Waals surface area contributed by atoms with Crippen LogP contribution in [0.3, 0.4) is 0 Å². The number of rotatable bonds is 2. The Morgan fingerprint density at radius 2 is 2.10 bits per heavy atom. The average molecular weight is 208 g/mol. The molecule has 0 radical (unpaired) electrons. The van der Waals surface area contributed by atoms with Gasteiger partial charge in [-0.15, -0.1) is 0 Å². The van der Waals surface area contributed by atoms with Crippen LogP contribution in [0.2, 0.25) is 0 Å². The zero-order chi connectivity index (χ0) is 8.15. The third kappa shape index (κ3) is 4.08. The molecular formula is C5H6BrNO3. The molecule has 0 bridgehead atoms. The third-order valence-electron chi connectivity index (χ3n) is 0.635. The molecule has 0 aromatic carbocycles. The second kappa shape index (κ2) is 4.05. The summed E-state index contributed by atoms with van der Waals surface area (Å²) in [6.45, 7) is 3.53. The summed E-state index contributed by atoms with van der Waals surface area (Å²) < 4.78 is 0.530. The molecule has 0 atom stereocenters. The maximum atomic E-state index is 10.3. The van der Waals surface area contributed by atoms with E-state index in [-0.39, 0.29) is 6.54 Å². The van der Waals surface area contributed by atoms with Crippen molar-refractivity contribution in [3.63, 3.8) is 0 Å². The lowest BCUT2D eigenvalue weighted by Gasteiger charge is -1.97. The quantitative estimate of drug-likeness (QED) is 0.632. The molecule has 0 aromatic rings. The Morgan fingerprint density at radius 1 is 1.60 bits per heavy atom. The molecular weight excluding hydrogens is 202 g/mol. The number of hydrogen-bond acceptors (Lipinski definition) is 2. The Bertz CT molecular complexity index is 178. The number of nitrogens with one attached hydrogen (secondary N) is 1. The van der Waals surface area contributed by atoms with Crippen molar-refractivity contribution in [2.75, 3.05) is 6.54 Å². The second-order valence-corrected chi connectivity index (χ2v) is 2.63. The molecule has 56 valence electrons. The van der Waals surface area contributed by atoms with Crippen molar-refractivity contribution >= 4 is 27.8 Å². The van der Waals surface area contributed by atoms with E-state index in [4.69, 9.17) is 5.11 Å². The van der Waals surface area contributed by atoms with Crippen molar-refractivity contribution in [3.05, 3.63) is 11.1 Å². The van der Waals surface area contributed by atoms with Crippen molar-refractivity contribution in [2.24, 2.45) is 0 Å². The first-order valence-electron chi connectivity index (χ1n) is 2.38. The van der Waals surface area contributed by atoms with E-state index in [9.17, 15) is 9.59 Å². The summed E-state index contributed by atoms with van der Waals surface area (Å²) >= 11 is 2.95. The average Bonchev–Trinajstić information content (AvgIpc) is 1.82. The molecule has 0 fully saturated rings. The summed E-state index contributed by atoms with van der Waals surface area (Å²) in [6.07, 6.45) is 0. The van der Waals surface area contributed by atoms with Crippen molar-refractivity contribution in [1.29, 1.82) is 0 Å². The number of carbonyl (C=O) groups is 2. The summed E-state index contributed by atoms with van der Waals surface area (Å²) in [4.78, 5) is 20.1. The van der Waals surface area contributed by atoms with Gasteiger partial charge in [0.05, 0.1) is 0 Å². The Balaban J connectivity index is 3.60. The van der Waals surface area contributed by atoms with Gasteiger partial charge in [-0.2, -0.15) is 0 Å². The molecule has 1 amide bonds. The zero-order valence-corrected chi connectivity index (χ0v) is 6.64. The minimum absolute atomic E-state index is 0.130. The van der Waals surface area contributed by atoms with Crippen molar-refractivity contribution in [1.82, 2.24) is 5.32 Å². The zero-order valence-electron chi connectivity index (χ0n) is 5.06. The van der Waals surface area contributed by atoms with Gasteiger partial charge in [-0.3, -0.25) is 4.79 Å². The molecule has 0 aliphatic heterocycles. The van der Waals surface area contributed by atoms with Crippen LogP contribution < -0.4 is 5.32 Å². The lowest BCUT2D eigenvalue weighted by Crippen LogP contribution is -2.31. The first-order valence-corrected chi connectivity index (χ1v) is 3.17. The van der Waals surface area contributed by atoms with Gasteiger partial charge in [0.15, 0.2) is 0 Å². The molecule has 0 spiro atoms. The molecule has 10 heavy (non-hydrogen) atoms. The summed E-state index contributed by atoms with van der Waals surface area (Å²) in [5.41, 5.74) is 0. The highest BCUT2D eigenvalue weighted by Crippen LogP contribution is 1.95. The number of aliphatic carboxylic acids is 1. The smallest absolute Gasteiger partial charge is 0.394 e. The van der Waals surface area contributed by atoms with Gasteiger partial charge >= 0.3 is 11.9 Å². The monoisotopic (exact) mass is 207 g/mol. The molecule has 0 saturated heterocycles. The Kier molecular flexibility index (Phi) is 3.71. The molecule has 0 aromatic heterocycles. The van der Waals surface area contributed by atoms with Gasteiger partial charge in [0, 0.05) is 11.0 Å². The fraction of sp³-hybridized carbons (Fsp3) is 0.200. The van der Waals surface area contributed by atoms with Crippen molar-refractivity contribution in [2.45, 2.75) is 0 Å². The van der Waals surface area contributed by atoms with Crippen molar-refractivity contribution in [3.8, 4) is 0 Å². The van der Waals surface area contributed by atoms with Gasteiger partial charge < -0.3 is 10.4 Å². The van der Waals surface area contributed by atoms with Crippen LogP contribution in [0.25, 0.3) is 0 Å². The first-order chi connectivity index (χ1) is 4.54. The lowest BCUT2D eigenvalue weighted by atomic mass is 10.5. The molecule has 0 aliphatic rings. The minimum atomic E-state index is -1.49. The topological polar surface area (TPSA) is 66.4 Å². The van der Waals surface area contributed by atoms with Crippen LogP contribution in [0.4, 0.5) is 0 Å². The third-order valence-corrected chi connectivity index (χ3v) is 0.915. The van der Waals surface area contributed by atoms with Gasteiger partial charge in [0.1, 0.15) is 0 Å². The number of carbonyl (C=O) groups excluding carboxylic acids is 1. The van der Waals surface area contributed by atoms with Crippen LogP contribution in [-0.2, 0) is 9.59 Å². The summed E-state index contributed by atoms with van der Waals surface area (Å²) in [6, 6.07) is 0. The molecule has 0 rings (SSSR count). The van der Waals surface area contributed by atoms with Gasteiger partial charge in [0.2, 0.25) is 0 Å². The van der Waals surface area contributed by atoms with E-state index < -0.39 is 11.9 Å². The molecule has 4 nitrogen and oxygen atoms in total. The normalized spacial score (nSPS) is 8.50. The largest absolute Gasteiger partial charge is 0.474 e. The van der Waals surface area contributed by atoms with Crippen LogP contribution in [0.5, 0.6) is 0 Å². The van der Waals surface area contributed by atoms with E-state index in [0.717, 1.165) is 0 Å². The number of carboxylic acid groups (broad SMARTS) is 1. The van der Waals surface area contributed by atoms with Crippen LogP contribution in [-0.4, -0.2) is 23.5 Å². The van der Waals surface area contributed by atoms with E-state index in [2.05, 4.69) is 27.8 Å². The van der Waals surface area contributed by atoms with Gasteiger partial charge in [-0.25, -0.2) is 4.79 Å². The van der Waals surface area contributed by atoms with Gasteiger partial charge in [-0.1, -0.05) is 22.5 Å². The Hall–Kier alpha value is -0.840. The molecule has 0 unspecified atom stereocenters. The van der Waals surface area contributed by atoms with Gasteiger partial charge in [0.25, 0.3) is 0 Å². The molecule has 0 saturated carbocycles. The molecule has 2 N–H and O–H groups in total.